The maximum Gasteiger partial charge on any atom is 0.244 e. The number of halogens is 1. The number of sulfonamides is 1. The topological polar surface area (TPSA) is 61.2 Å². The monoisotopic (exact) mass is 324 g/mol. The first-order valence-corrected chi connectivity index (χ1v) is 9.07. The van der Waals surface area contributed by atoms with Crippen LogP contribution in [0.2, 0.25) is 5.02 Å². The molecule has 0 N–H and O–H groups in total. The van der Waals surface area contributed by atoms with Crippen LogP contribution < -0.4 is 0 Å². The molecular weight excluding hydrogens is 308 g/mol. The van der Waals surface area contributed by atoms with Gasteiger partial charge in [0.2, 0.25) is 10.0 Å². The second-order valence-electron chi connectivity index (χ2n) is 5.77. The zero-order chi connectivity index (χ0) is 15.0. The first kappa shape index (κ1) is 14.8. The van der Waals surface area contributed by atoms with Crippen molar-refractivity contribution in [3.8, 4) is 6.07 Å². The lowest BCUT2D eigenvalue weighted by Gasteiger charge is -2.36. The Morgan fingerprint density at radius 2 is 2.00 bits per heavy atom. The zero-order valence-corrected chi connectivity index (χ0v) is 13.2. The molecule has 4 nitrogen and oxygen atoms in total. The molecule has 2 fully saturated rings. The molecule has 0 bridgehead atoms. The molecular formula is C15H17ClN2O2S. The largest absolute Gasteiger partial charge is 0.244 e. The van der Waals surface area contributed by atoms with Crippen LogP contribution in [-0.4, -0.2) is 25.3 Å². The Morgan fingerprint density at radius 3 is 2.76 bits per heavy atom. The van der Waals surface area contributed by atoms with Gasteiger partial charge in [-0.25, -0.2) is 8.42 Å². The molecule has 2 atom stereocenters. The minimum atomic E-state index is -3.63. The van der Waals surface area contributed by atoms with E-state index in [1.807, 2.05) is 6.07 Å². The van der Waals surface area contributed by atoms with Crippen LogP contribution in [0.1, 0.15) is 37.7 Å². The van der Waals surface area contributed by atoms with Gasteiger partial charge in [0.25, 0.3) is 0 Å². The van der Waals surface area contributed by atoms with Crippen LogP contribution in [0.25, 0.3) is 0 Å². The lowest BCUT2D eigenvalue weighted by molar-refractivity contribution is 0.202. The van der Waals surface area contributed by atoms with E-state index in [1.54, 1.807) is 4.31 Å². The van der Waals surface area contributed by atoms with Crippen molar-refractivity contribution in [3.63, 3.8) is 0 Å². The molecule has 3 rings (SSSR count). The molecule has 1 heterocycles. The predicted molar refractivity (Wildman–Crippen MR) is 80.4 cm³/mol. The summed E-state index contributed by atoms with van der Waals surface area (Å²) in [6, 6.07) is 6.49. The van der Waals surface area contributed by atoms with Crippen molar-refractivity contribution in [1.82, 2.24) is 4.31 Å². The zero-order valence-electron chi connectivity index (χ0n) is 11.6. The Balaban J connectivity index is 2.02. The number of rotatable bonds is 2. The highest BCUT2D eigenvalue weighted by atomic mass is 35.5. The number of hydrogen-bond donors (Lipinski definition) is 0. The molecule has 1 aliphatic carbocycles. The second-order valence-corrected chi connectivity index (χ2v) is 8.04. The molecule has 0 aromatic heterocycles. The summed E-state index contributed by atoms with van der Waals surface area (Å²) in [5.41, 5.74) is 0.318. The summed E-state index contributed by atoms with van der Waals surface area (Å²) in [4.78, 5) is 0.0655. The van der Waals surface area contributed by atoms with Gasteiger partial charge < -0.3 is 0 Å². The molecule has 1 saturated carbocycles. The minimum Gasteiger partial charge on any atom is -0.207 e. The number of hydrogen-bond acceptors (Lipinski definition) is 3. The number of benzene rings is 1. The highest BCUT2D eigenvalue weighted by Crippen LogP contribution is 2.40. The Kier molecular flexibility index (Phi) is 3.96. The average molecular weight is 325 g/mol. The minimum absolute atomic E-state index is 0.0655. The fraction of sp³-hybridized carbons (Fsp3) is 0.533. The van der Waals surface area contributed by atoms with E-state index in [4.69, 9.17) is 16.9 Å². The van der Waals surface area contributed by atoms with Crippen LogP contribution >= 0.6 is 11.6 Å². The van der Waals surface area contributed by atoms with Gasteiger partial charge in [0, 0.05) is 12.6 Å². The van der Waals surface area contributed by atoms with E-state index < -0.39 is 10.0 Å². The maximum absolute atomic E-state index is 13.0. The third-order valence-electron chi connectivity index (χ3n) is 4.59. The third kappa shape index (κ3) is 2.57. The summed E-state index contributed by atoms with van der Waals surface area (Å²) in [6.45, 7) is 0.552. The molecule has 0 spiro atoms. The van der Waals surface area contributed by atoms with E-state index in [1.165, 1.54) is 18.2 Å². The molecule has 1 saturated heterocycles. The van der Waals surface area contributed by atoms with Gasteiger partial charge in [0.05, 0.1) is 16.7 Å². The first-order chi connectivity index (χ1) is 10.0. The van der Waals surface area contributed by atoms with Crippen LogP contribution in [-0.2, 0) is 10.0 Å². The molecule has 1 aromatic rings. The highest BCUT2D eigenvalue weighted by molar-refractivity contribution is 7.89. The molecule has 21 heavy (non-hydrogen) atoms. The molecule has 2 unspecified atom stereocenters. The van der Waals surface area contributed by atoms with Crippen molar-refractivity contribution in [2.24, 2.45) is 5.92 Å². The standard InChI is InChI=1S/C15H17ClN2O2S/c16-13-7-6-11(10-17)9-15(13)21(19,20)18-8-2-4-12-3-1-5-14(12)18/h6-7,9,12,14H,1-5,8H2. The van der Waals surface area contributed by atoms with Crippen molar-refractivity contribution >= 4 is 21.6 Å². The van der Waals surface area contributed by atoms with Gasteiger partial charge >= 0.3 is 0 Å². The van der Waals surface area contributed by atoms with Gasteiger partial charge in [-0.05, 0) is 49.8 Å². The van der Waals surface area contributed by atoms with E-state index in [-0.39, 0.29) is 16.0 Å². The van der Waals surface area contributed by atoms with Crippen molar-refractivity contribution in [2.45, 2.75) is 43.0 Å². The van der Waals surface area contributed by atoms with E-state index in [9.17, 15) is 8.42 Å². The van der Waals surface area contributed by atoms with E-state index in [2.05, 4.69) is 0 Å². The maximum atomic E-state index is 13.0. The summed E-state index contributed by atoms with van der Waals surface area (Å²) in [7, 11) is -3.63. The smallest absolute Gasteiger partial charge is 0.207 e. The Labute approximate surface area is 130 Å². The Morgan fingerprint density at radius 1 is 1.24 bits per heavy atom. The quantitative estimate of drug-likeness (QED) is 0.839. The molecule has 0 radical (unpaired) electrons. The van der Waals surface area contributed by atoms with E-state index in [0.717, 1.165) is 32.1 Å². The van der Waals surface area contributed by atoms with Gasteiger partial charge in [-0.2, -0.15) is 9.57 Å². The first-order valence-electron chi connectivity index (χ1n) is 7.25. The van der Waals surface area contributed by atoms with Crippen LogP contribution in [0.5, 0.6) is 0 Å². The van der Waals surface area contributed by atoms with Crippen LogP contribution in [0, 0.1) is 17.2 Å². The predicted octanol–water partition coefficient (Wildman–Crippen LogP) is 3.16. The second kappa shape index (κ2) is 5.60. The summed E-state index contributed by atoms with van der Waals surface area (Å²) in [5, 5.41) is 9.17. The number of fused-ring (bicyclic) bond motifs is 1. The molecule has 2 aliphatic rings. The van der Waals surface area contributed by atoms with Crippen molar-refractivity contribution in [3.05, 3.63) is 28.8 Å². The number of nitrogens with zero attached hydrogens (tertiary/aromatic N) is 2. The fourth-order valence-electron chi connectivity index (χ4n) is 3.60. The van der Waals surface area contributed by atoms with Crippen LogP contribution in [0.3, 0.4) is 0 Å². The van der Waals surface area contributed by atoms with Gasteiger partial charge in [0.1, 0.15) is 4.90 Å². The van der Waals surface area contributed by atoms with Gasteiger partial charge in [0.15, 0.2) is 0 Å². The highest BCUT2D eigenvalue weighted by Gasteiger charge is 2.41. The molecule has 1 aliphatic heterocycles. The lowest BCUT2D eigenvalue weighted by atomic mass is 9.94. The van der Waals surface area contributed by atoms with Crippen LogP contribution in [0.15, 0.2) is 23.1 Å². The third-order valence-corrected chi connectivity index (χ3v) is 7.00. The van der Waals surface area contributed by atoms with Crippen molar-refractivity contribution in [1.29, 1.82) is 5.26 Å². The Bertz CT molecular complexity index is 696. The summed E-state index contributed by atoms with van der Waals surface area (Å²) >= 11 is 6.08. The van der Waals surface area contributed by atoms with Crippen LogP contribution in [0.4, 0.5) is 0 Å². The average Bonchev–Trinajstić information content (AvgIpc) is 2.95. The Hall–Kier alpha value is -1.09. The van der Waals surface area contributed by atoms with Gasteiger partial charge in [-0.1, -0.05) is 18.0 Å². The van der Waals surface area contributed by atoms with Crippen molar-refractivity contribution in [2.75, 3.05) is 6.54 Å². The van der Waals surface area contributed by atoms with Gasteiger partial charge in [-0.15, -0.1) is 0 Å². The van der Waals surface area contributed by atoms with Crippen molar-refractivity contribution < 1.29 is 8.42 Å². The SMILES string of the molecule is N#Cc1ccc(Cl)c(S(=O)(=O)N2CCCC3CCCC32)c1. The lowest BCUT2D eigenvalue weighted by Crippen LogP contribution is -2.46. The summed E-state index contributed by atoms with van der Waals surface area (Å²) in [6.07, 6.45) is 5.15. The summed E-state index contributed by atoms with van der Waals surface area (Å²) < 4.78 is 27.5. The number of nitriles is 1. The normalized spacial score (nSPS) is 26.3. The summed E-state index contributed by atoms with van der Waals surface area (Å²) in [5.74, 6) is 0.478. The molecule has 112 valence electrons. The fourth-order valence-corrected chi connectivity index (χ4v) is 5.86. The van der Waals surface area contributed by atoms with E-state index >= 15 is 0 Å². The molecule has 1 aromatic carbocycles. The molecule has 0 amide bonds. The van der Waals surface area contributed by atoms with E-state index in [0.29, 0.717) is 18.0 Å². The number of piperidine rings is 1. The molecule has 6 heteroatoms. The van der Waals surface area contributed by atoms with Gasteiger partial charge in [-0.3, -0.25) is 0 Å².